The maximum atomic E-state index is 4.66. The number of para-hydroxylation sites is 1. The monoisotopic (exact) mass is 402 g/mol. The van der Waals surface area contributed by atoms with Crippen molar-refractivity contribution in [1.82, 2.24) is 19.7 Å². The number of benzene rings is 1. The average Bonchev–Trinajstić information content (AvgIpc) is 3.01. The van der Waals surface area contributed by atoms with Crippen LogP contribution in [-0.2, 0) is 7.05 Å². The van der Waals surface area contributed by atoms with Crippen molar-refractivity contribution in [3.63, 3.8) is 0 Å². The van der Waals surface area contributed by atoms with Gasteiger partial charge in [0.2, 0.25) is 0 Å². The summed E-state index contributed by atoms with van der Waals surface area (Å²) in [5.74, 6) is 2.17. The highest BCUT2D eigenvalue weighted by Crippen LogP contribution is 2.50. The van der Waals surface area contributed by atoms with Crippen LogP contribution in [0, 0.1) is 23.2 Å². The predicted molar refractivity (Wildman–Crippen MR) is 122 cm³/mol. The molecule has 2 aliphatic rings. The van der Waals surface area contributed by atoms with E-state index in [9.17, 15) is 0 Å². The summed E-state index contributed by atoms with van der Waals surface area (Å²) in [6.07, 6.45) is 9.43. The van der Waals surface area contributed by atoms with Crippen LogP contribution in [0.4, 0.5) is 5.95 Å². The molecule has 0 bridgehead atoms. The van der Waals surface area contributed by atoms with E-state index in [-0.39, 0.29) is 0 Å². The fourth-order valence-electron chi connectivity index (χ4n) is 5.42. The van der Waals surface area contributed by atoms with Gasteiger partial charge in [-0.15, -0.1) is 10.2 Å². The van der Waals surface area contributed by atoms with Crippen LogP contribution in [0.1, 0.15) is 46.5 Å². The van der Waals surface area contributed by atoms with Gasteiger partial charge in [-0.3, -0.25) is 0 Å². The van der Waals surface area contributed by atoms with E-state index >= 15 is 0 Å². The number of nitrogens with one attached hydrogen (secondary N) is 1. The molecule has 156 valence electrons. The van der Waals surface area contributed by atoms with Gasteiger partial charge in [0.1, 0.15) is 5.52 Å². The number of hydrazone groups is 1. The van der Waals surface area contributed by atoms with Gasteiger partial charge in [-0.2, -0.15) is 10.1 Å². The number of anilines is 1. The van der Waals surface area contributed by atoms with E-state index in [0.717, 1.165) is 22.1 Å². The Kier molecular flexibility index (Phi) is 4.60. The third-order valence-corrected chi connectivity index (χ3v) is 7.32. The number of rotatable bonds is 3. The predicted octanol–water partition coefficient (Wildman–Crippen LogP) is 5.32. The molecule has 2 aromatic heterocycles. The first-order chi connectivity index (χ1) is 14.4. The van der Waals surface area contributed by atoms with Crippen LogP contribution < -0.4 is 5.43 Å². The molecule has 6 heteroatoms. The highest BCUT2D eigenvalue weighted by molar-refractivity contribution is 6.04. The minimum atomic E-state index is 0.385. The molecule has 1 fully saturated rings. The molecule has 1 N–H and O–H groups in total. The Bertz CT molecular complexity index is 1160. The summed E-state index contributed by atoms with van der Waals surface area (Å²) in [6, 6.07) is 8.17. The van der Waals surface area contributed by atoms with E-state index in [2.05, 4.69) is 75.5 Å². The van der Waals surface area contributed by atoms with Gasteiger partial charge >= 0.3 is 0 Å². The lowest BCUT2D eigenvalue weighted by Crippen LogP contribution is -2.36. The van der Waals surface area contributed by atoms with Crippen molar-refractivity contribution in [3.8, 4) is 0 Å². The minimum absolute atomic E-state index is 0.385. The Morgan fingerprint density at radius 1 is 1.23 bits per heavy atom. The van der Waals surface area contributed by atoms with Crippen LogP contribution in [0.5, 0.6) is 0 Å². The van der Waals surface area contributed by atoms with E-state index < -0.39 is 0 Å². The zero-order valence-corrected chi connectivity index (χ0v) is 18.3. The van der Waals surface area contributed by atoms with Gasteiger partial charge in [0.15, 0.2) is 5.65 Å². The van der Waals surface area contributed by atoms with Crippen molar-refractivity contribution in [2.75, 3.05) is 5.43 Å². The molecule has 1 saturated carbocycles. The first-order valence-corrected chi connectivity index (χ1v) is 11.0. The van der Waals surface area contributed by atoms with Crippen LogP contribution in [-0.4, -0.2) is 26.0 Å². The van der Waals surface area contributed by atoms with E-state index in [0.29, 0.717) is 29.1 Å². The number of allylic oxidation sites excluding steroid dienone is 2. The Hall–Kier alpha value is -2.76. The summed E-state index contributed by atoms with van der Waals surface area (Å²) in [4.78, 5) is 4.66. The van der Waals surface area contributed by atoms with Crippen molar-refractivity contribution in [2.45, 2.75) is 46.5 Å². The third-order valence-electron chi connectivity index (χ3n) is 7.32. The van der Waals surface area contributed by atoms with Crippen LogP contribution in [0.15, 0.2) is 41.0 Å². The zero-order valence-electron chi connectivity index (χ0n) is 18.3. The van der Waals surface area contributed by atoms with Crippen molar-refractivity contribution >= 4 is 34.2 Å². The molecule has 0 spiro atoms. The molecule has 0 radical (unpaired) electrons. The van der Waals surface area contributed by atoms with Gasteiger partial charge in [0.25, 0.3) is 5.95 Å². The molecule has 0 saturated heterocycles. The number of nitrogens with zero attached hydrogens (tertiary/aromatic N) is 5. The topological polar surface area (TPSA) is 68.0 Å². The molecule has 2 heterocycles. The van der Waals surface area contributed by atoms with Crippen molar-refractivity contribution < 1.29 is 0 Å². The van der Waals surface area contributed by atoms with E-state index in [1.807, 2.05) is 19.2 Å². The fourth-order valence-corrected chi connectivity index (χ4v) is 5.42. The van der Waals surface area contributed by atoms with Crippen LogP contribution in [0.2, 0.25) is 0 Å². The maximum Gasteiger partial charge on any atom is 0.265 e. The quantitative estimate of drug-likeness (QED) is 0.366. The van der Waals surface area contributed by atoms with E-state index in [1.54, 1.807) is 5.57 Å². The molecule has 30 heavy (non-hydrogen) atoms. The molecular weight excluding hydrogens is 372 g/mol. The highest BCUT2D eigenvalue weighted by atomic mass is 15.4. The second kappa shape index (κ2) is 7.18. The number of hydrogen-bond acceptors (Lipinski definition) is 5. The lowest BCUT2D eigenvalue weighted by molar-refractivity contribution is 0.149. The Balaban J connectivity index is 1.35. The summed E-state index contributed by atoms with van der Waals surface area (Å²) in [6.45, 7) is 7.19. The Morgan fingerprint density at radius 3 is 2.93 bits per heavy atom. The number of aryl methyl sites for hydroxylation is 1. The SMILES string of the molecule is C[C@@H]1CC2=CCCC(C)(C)[C@H]2C[C@H]1C=NNc1nnc2c3ccccc3n(C)c2n1. The van der Waals surface area contributed by atoms with Crippen LogP contribution in [0.25, 0.3) is 22.1 Å². The summed E-state index contributed by atoms with van der Waals surface area (Å²) >= 11 is 0. The maximum absolute atomic E-state index is 4.66. The first-order valence-electron chi connectivity index (χ1n) is 11.0. The van der Waals surface area contributed by atoms with E-state index in [4.69, 9.17) is 0 Å². The number of aromatic nitrogens is 4. The van der Waals surface area contributed by atoms with Gasteiger partial charge in [0.05, 0.1) is 5.52 Å². The summed E-state index contributed by atoms with van der Waals surface area (Å²) in [5.41, 5.74) is 7.82. The zero-order chi connectivity index (χ0) is 20.9. The molecule has 6 nitrogen and oxygen atoms in total. The van der Waals surface area contributed by atoms with Crippen LogP contribution in [0.3, 0.4) is 0 Å². The smallest absolute Gasteiger partial charge is 0.265 e. The summed E-state index contributed by atoms with van der Waals surface area (Å²) in [7, 11) is 2.01. The molecule has 1 aromatic carbocycles. The molecular formula is C24H30N6. The van der Waals surface area contributed by atoms with Gasteiger partial charge < -0.3 is 4.57 Å². The average molecular weight is 403 g/mol. The molecule has 0 unspecified atom stereocenters. The molecule has 0 aliphatic heterocycles. The van der Waals surface area contributed by atoms with Gasteiger partial charge in [-0.25, -0.2) is 5.43 Å². The molecule has 5 rings (SSSR count). The second-order valence-corrected chi connectivity index (χ2v) is 9.71. The molecule has 3 aromatic rings. The summed E-state index contributed by atoms with van der Waals surface area (Å²) < 4.78 is 2.05. The van der Waals surface area contributed by atoms with Crippen LogP contribution >= 0.6 is 0 Å². The highest BCUT2D eigenvalue weighted by Gasteiger charge is 2.40. The lowest BCUT2D eigenvalue weighted by Gasteiger charge is -2.46. The largest absolute Gasteiger partial charge is 0.327 e. The van der Waals surface area contributed by atoms with Crippen molar-refractivity contribution in [1.29, 1.82) is 0 Å². The minimum Gasteiger partial charge on any atom is -0.327 e. The van der Waals surface area contributed by atoms with Gasteiger partial charge in [-0.1, -0.05) is 50.6 Å². The fraction of sp³-hybridized carbons (Fsp3) is 0.500. The van der Waals surface area contributed by atoms with Gasteiger partial charge in [-0.05, 0) is 54.9 Å². The van der Waals surface area contributed by atoms with E-state index in [1.165, 1.54) is 25.7 Å². The third kappa shape index (κ3) is 3.18. The van der Waals surface area contributed by atoms with Crippen molar-refractivity contribution in [3.05, 3.63) is 35.9 Å². The van der Waals surface area contributed by atoms with Crippen molar-refractivity contribution in [2.24, 2.45) is 35.3 Å². The molecule has 3 atom stereocenters. The second-order valence-electron chi connectivity index (χ2n) is 9.71. The Morgan fingerprint density at radius 2 is 2.07 bits per heavy atom. The molecule has 0 amide bonds. The summed E-state index contributed by atoms with van der Waals surface area (Å²) in [5, 5.41) is 14.3. The number of hydrogen-bond donors (Lipinski definition) is 1. The Labute approximate surface area is 177 Å². The standard InChI is InChI=1S/C24H30N6/c1-15-12-16-8-7-11-24(2,3)19(16)13-17(15)14-25-28-23-26-22-21(27-29-23)18-9-5-6-10-20(18)30(22)4/h5-6,8-10,14-15,17,19H,7,11-13H2,1-4H3,(H,26,28,29)/t15-,17+,19+/m1/s1. The first kappa shape index (κ1) is 19.2. The van der Waals surface area contributed by atoms with Gasteiger partial charge in [0, 0.05) is 18.6 Å². The molecule has 2 aliphatic carbocycles. The normalized spacial score (nSPS) is 26.1. The number of fused-ring (bicyclic) bond motifs is 4. The lowest BCUT2D eigenvalue weighted by atomic mass is 9.59.